The van der Waals surface area contributed by atoms with E-state index in [1.165, 1.54) is 6.07 Å². The van der Waals surface area contributed by atoms with Crippen molar-refractivity contribution in [3.63, 3.8) is 0 Å². The summed E-state index contributed by atoms with van der Waals surface area (Å²) < 4.78 is 27.6. The number of hydrogen-bond acceptors (Lipinski definition) is 4. The van der Waals surface area contributed by atoms with Crippen molar-refractivity contribution >= 4 is 23.6 Å². The van der Waals surface area contributed by atoms with Gasteiger partial charge in [-0.1, -0.05) is 39.0 Å². The van der Waals surface area contributed by atoms with Crippen molar-refractivity contribution in [3.8, 4) is 5.69 Å². The van der Waals surface area contributed by atoms with Crippen molar-refractivity contribution < 1.29 is 28.9 Å². The predicted molar refractivity (Wildman–Crippen MR) is 121 cm³/mol. The molecule has 1 atom stereocenters. The number of aromatic nitrogens is 1. The Kier molecular flexibility index (Phi) is 7.15. The molecule has 1 aliphatic heterocycles. The molecule has 0 spiro atoms. The second kappa shape index (κ2) is 9.35. The molecule has 0 fully saturated rings. The lowest BCUT2D eigenvalue weighted by atomic mass is 9.75. The molecular formula is C24H29ClFNO5. The number of aliphatic carboxylic acids is 1. The fraction of sp³-hybridized carbons (Fsp3) is 0.458. The van der Waals surface area contributed by atoms with Gasteiger partial charge in [-0.05, 0) is 30.7 Å². The lowest BCUT2D eigenvalue weighted by molar-refractivity contribution is -0.144. The van der Waals surface area contributed by atoms with Gasteiger partial charge in [-0.15, -0.1) is 0 Å². The summed E-state index contributed by atoms with van der Waals surface area (Å²) in [6.45, 7) is 9.97. The molecule has 0 radical (unpaired) electrons. The Balaban J connectivity index is 2.26. The van der Waals surface area contributed by atoms with Gasteiger partial charge in [0.15, 0.2) is 0 Å². The number of carboxylic acids is 1. The number of benzene rings is 1. The highest BCUT2D eigenvalue weighted by atomic mass is 35.5. The van der Waals surface area contributed by atoms with Crippen molar-refractivity contribution in [1.82, 2.24) is 4.57 Å². The number of carbonyl (C=O) groups is 1. The average Bonchev–Trinajstić information content (AvgIpc) is 3.11. The van der Waals surface area contributed by atoms with E-state index in [2.05, 4.69) is 6.58 Å². The summed E-state index contributed by atoms with van der Waals surface area (Å²) in [4.78, 5) is 10.8. The van der Waals surface area contributed by atoms with Gasteiger partial charge in [0.2, 0.25) is 0 Å². The zero-order valence-corrected chi connectivity index (χ0v) is 19.3. The summed E-state index contributed by atoms with van der Waals surface area (Å²) in [7, 11) is 0. The third kappa shape index (κ3) is 4.22. The molecule has 0 aliphatic carbocycles. The quantitative estimate of drug-likeness (QED) is 0.519. The van der Waals surface area contributed by atoms with Crippen LogP contribution >= 0.6 is 11.6 Å². The average molecular weight is 466 g/mol. The van der Waals surface area contributed by atoms with Crippen LogP contribution in [0.5, 0.6) is 0 Å². The van der Waals surface area contributed by atoms with Crippen LogP contribution in [0.2, 0.25) is 5.02 Å². The monoisotopic (exact) mass is 465 g/mol. The molecular weight excluding hydrogens is 437 g/mol. The minimum Gasteiger partial charge on any atom is -0.480 e. The number of rotatable bonds is 9. The summed E-state index contributed by atoms with van der Waals surface area (Å²) >= 11 is 6.09. The number of fused-ring (bicyclic) bond motifs is 1. The standard InChI is InChI=1S/C24H29ClFNO5/c1-5-19-16(12-28)21-22(27(19)15-7-8-18(26)17(25)11-15)23(3,4)14-32-24(21,6-2)9-10-31-13-20(29)30/h5,7-8,11,28H,1,6,9-10,12-14H2,2-4H3,(H,29,30)/t24-/m1/s1. The van der Waals surface area contributed by atoms with Gasteiger partial charge in [-0.25, -0.2) is 9.18 Å². The number of aliphatic hydroxyl groups is 1. The molecule has 2 aromatic rings. The van der Waals surface area contributed by atoms with E-state index in [4.69, 9.17) is 26.2 Å². The third-order valence-electron chi connectivity index (χ3n) is 6.08. The number of nitrogens with zero attached hydrogens (tertiary/aromatic N) is 1. The molecule has 32 heavy (non-hydrogen) atoms. The fourth-order valence-electron chi connectivity index (χ4n) is 4.55. The second-order valence-electron chi connectivity index (χ2n) is 8.60. The molecule has 8 heteroatoms. The van der Waals surface area contributed by atoms with Crippen LogP contribution in [0, 0.1) is 5.82 Å². The highest BCUT2D eigenvalue weighted by Gasteiger charge is 2.48. The highest BCUT2D eigenvalue weighted by Crippen LogP contribution is 2.50. The Morgan fingerprint density at radius 1 is 1.44 bits per heavy atom. The van der Waals surface area contributed by atoms with Crippen molar-refractivity contribution in [3.05, 3.63) is 58.1 Å². The zero-order chi connectivity index (χ0) is 23.7. The molecule has 0 amide bonds. The lowest BCUT2D eigenvalue weighted by Gasteiger charge is -2.44. The summed E-state index contributed by atoms with van der Waals surface area (Å²) in [5.74, 6) is -1.55. The first-order chi connectivity index (χ1) is 15.1. The number of ether oxygens (including phenoxy) is 2. The van der Waals surface area contributed by atoms with Gasteiger partial charge in [0.05, 0.1) is 36.1 Å². The largest absolute Gasteiger partial charge is 0.480 e. The topological polar surface area (TPSA) is 80.9 Å². The first-order valence-corrected chi connectivity index (χ1v) is 10.9. The summed E-state index contributed by atoms with van der Waals surface area (Å²) in [6.07, 6.45) is 2.67. The van der Waals surface area contributed by atoms with Crippen LogP contribution < -0.4 is 0 Å². The lowest BCUT2D eigenvalue weighted by Crippen LogP contribution is -2.44. The zero-order valence-electron chi connectivity index (χ0n) is 18.6. The highest BCUT2D eigenvalue weighted by molar-refractivity contribution is 6.30. The van der Waals surface area contributed by atoms with E-state index in [1.54, 1.807) is 18.2 Å². The third-order valence-corrected chi connectivity index (χ3v) is 6.37. The van der Waals surface area contributed by atoms with Gasteiger partial charge in [-0.3, -0.25) is 0 Å². The minimum atomic E-state index is -1.04. The van der Waals surface area contributed by atoms with Crippen molar-refractivity contribution in [1.29, 1.82) is 0 Å². The van der Waals surface area contributed by atoms with Crippen LogP contribution in [0.4, 0.5) is 4.39 Å². The molecule has 1 aromatic heterocycles. The second-order valence-corrected chi connectivity index (χ2v) is 9.01. The molecule has 0 bridgehead atoms. The Hall–Kier alpha value is -2.19. The maximum absolute atomic E-state index is 13.9. The van der Waals surface area contributed by atoms with Crippen LogP contribution in [0.25, 0.3) is 11.8 Å². The summed E-state index contributed by atoms with van der Waals surface area (Å²) in [5, 5.41) is 19.3. The smallest absolute Gasteiger partial charge is 0.329 e. The molecule has 2 heterocycles. The maximum atomic E-state index is 13.9. The van der Waals surface area contributed by atoms with E-state index in [-0.39, 0.29) is 18.2 Å². The molecule has 1 aliphatic rings. The molecule has 2 N–H and O–H groups in total. The van der Waals surface area contributed by atoms with Crippen LogP contribution in [-0.4, -0.2) is 40.6 Å². The molecule has 3 rings (SSSR count). The first-order valence-electron chi connectivity index (χ1n) is 10.5. The van der Waals surface area contributed by atoms with Crippen LogP contribution in [0.3, 0.4) is 0 Å². The van der Waals surface area contributed by atoms with Gasteiger partial charge in [0, 0.05) is 34.3 Å². The van der Waals surface area contributed by atoms with Gasteiger partial charge < -0.3 is 24.3 Å². The minimum absolute atomic E-state index is 0.000739. The van der Waals surface area contributed by atoms with E-state index >= 15 is 0 Å². The van der Waals surface area contributed by atoms with Gasteiger partial charge in [0.1, 0.15) is 12.4 Å². The Morgan fingerprint density at radius 2 is 2.16 bits per heavy atom. The number of carboxylic acid groups (broad SMARTS) is 1. The number of halogens is 2. The van der Waals surface area contributed by atoms with Gasteiger partial charge in [-0.2, -0.15) is 0 Å². The summed E-state index contributed by atoms with van der Waals surface area (Å²) in [5.41, 5.74) is 2.55. The molecule has 6 nitrogen and oxygen atoms in total. The van der Waals surface area contributed by atoms with E-state index in [0.717, 1.165) is 11.3 Å². The predicted octanol–water partition coefficient (Wildman–Crippen LogP) is 4.81. The van der Waals surface area contributed by atoms with Gasteiger partial charge >= 0.3 is 5.97 Å². The maximum Gasteiger partial charge on any atom is 0.329 e. The fourth-order valence-corrected chi connectivity index (χ4v) is 4.72. The van der Waals surface area contributed by atoms with E-state index in [9.17, 15) is 14.3 Å². The van der Waals surface area contributed by atoms with Crippen molar-refractivity contribution in [2.45, 2.75) is 51.2 Å². The van der Waals surface area contributed by atoms with Crippen LogP contribution in [-0.2, 0) is 31.9 Å². The summed E-state index contributed by atoms with van der Waals surface area (Å²) in [6, 6.07) is 4.51. The Morgan fingerprint density at radius 3 is 2.72 bits per heavy atom. The van der Waals surface area contributed by atoms with E-state index in [0.29, 0.717) is 36.4 Å². The van der Waals surface area contributed by atoms with Crippen molar-refractivity contribution in [2.75, 3.05) is 19.8 Å². The van der Waals surface area contributed by atoms with Gasteiger partial charge in [0.25, 0.3) is 0 Å². The number of hydrogen-bond donors (Lipinski definition) is 2. The van der Waals surface area contributed by atoms with Crippen LogP contribution in [0.1, 0.15) is 56.1 Å². The SMILES string of the molecule is C=Cc1c(CO)c2c(n1-c1ccc(F)c(Cl)c1)C(C)(C)CO[C@]2(CC)CCOCC(=O)O. The van der Waals surface area contributed by atoms with E-state index < -0.39 is 29.4 Å². The van der Waals surface area contributed by atoms with E-state index in [1.807, 2.05) is 25.3 Å². The first kappa shape index (κ1) is 24.5. The Bertz CT molecular complexity index is 1030. The number of aliphatic hydroxyl groups excluding tert-OH is 1. The normalized spacial score (nSPS) is 19.6. The van der Waals surface area contributed by atoms with Crippen LogP contribution in [0.15, 0.2) is 24.8 Å². The molecule has 0 saturated carbocycles. The molecule has 1 aromatic carbocycles. The molecule has 0 saturated heterocycles. The van der Waals surface area contributed by atoms with Crippen molar-refractivity contribution in [2.24, 2.45) is 0 Å². The Labute approximate surface area is 192 Å². The molecule has 174 valence electrons. The molecule has 0 unspecified atom stereocenters.